The third kappa shape index (κ3) is 2.62. The van der Waals surface area contributed by atoms with Gasteiger partial charge in [-0.05, 0) is 28.4 Å². The molecule has 0 amide bonds. The maximum atomic E-state index is 11.3. The number of nitrogens with zero attached hydrogens (tertiary/aromatic N) is 1. The van der Waals surface area contributed by atoms with E-state index in [0.29, 0.717) is 11.0 Å². The van der Waals surface area contributed by atoms with Crippen molar-refractivity contribution in [2.75, 3.05) is 5.73 Å². The molecule has 1 rings (SSSR count). The van der Waals surface area contributed by atoms with Crippen LogP contribution in [0.25, 0.3) is 0 Å². The van der Waals surface area contributed by atoms with Crippen molar-refractivity contribution >= 4 is 33.2 Å². The molecule has 1 aromatic heterocycles. The molecule has 5 heteroatoms. The average molecular weight is 278 g/mol. The zero-order chi connectivity index (χ0) is 10.7. The minimum atomic E-state index is -0.186. The van der Waals surface area contributed by atoms with Crippen molar-refractivity contribution in [3.63, 3.8) is 0 Å². The first-order valence-corrected chi connectivity index (χ1v) is 5.18. The third-order valence-corrected chi connectivity index (χ3v) is 2.62. The fraction of sp³-hybridized carbons (Fsp3) is 0.222. The minimum absolute atomic E-state index is 0.186. The fourth-order valence-corrected chi connectivity index (χ4v) is 1.59. The molecule has 1 heterocycles. The lowest BCUT2D eigenvalue weighted by Crippen LogP contribution is -2.13. The number of nitrogen functional groups attached to an aromatic ring is 1. The summed E-state index contributed by atoms with van der Waals surface area (Å²) in [6.07, 6.45) is 3.28. The van der Waals surface area contributed by atoms with E-state index in [1.54, 1.807) is 17.0 Å². The van der Waals surface area contributed by atoms with Gasteiger partial charge in [-0.1, -0.05) is 11.6 Å². The van der Waals surface area contributed by atoms with Crippen molar-refractivity contribution in [2.24, 2.45) is 0 Å². The molecule has 0 aromatic carbocycles. The highest BCUT2D eigenvalue weighted by Gasteiger charge is 2.02. The van der Waals surface area contributed by atoms with Gasteiger partial charge in [-0.3, -0.25) is 4.79 Å². The minimum Gasteiger partial charge on any atom is -0.394 e. The molecule has 3 nitrogen and oxygen atoms in total. The Morgan fingerprint density at radius 2 is 2.36 bits per heavy atom. The number of hydrogen-bond donors (Lipinski definition) is 1. The molecule has 0 aliphatic carbocycles. The zero-order valence-electron chi connectivity index (χ0n) is 7.63. The zero-order valence-corrected chi connectivity index (χ0v) is 9.97. The van der Waals surface area contributed by atoms with Crippen LogP contribution in [0.15, 0.2) is 32.8 Å². The number of aromatic nitrogens is 1. The van der Waals surface area contributed by atoms with Crippen LogP contribution in [-0.4, -0.2) is 4.57 Å². The van der Waals surface area contributed by atoms with E-state index < -0.39 is 0 Å². The topological polar surface area (TPSA) is 48.0 Å². The Hall–Kier alpha value is -0.740. The molecule has 76 valence electrons. The van der Waals surface area contributed by atoms with Crippen LogP contribution >= 0.6 is 27.5 Å². The van der Waals surface area contributed by atoms with E-state index in [0.717, 1.165) is 5.57 Å². The van der Waals surface area contributed by atoms with Crippen molar-refractivity contribution in [3.05, 3.63) is 38.2 Å². The highest BCUT2D eigenvalue weighted by Crippen LogP contribution is 2.08. The van der Waals surface area contributed by atoms with Gasteiger partial charge in [0.05, 0.1) is 10.2 Å². The largest absolute Gasteiger partial charge is 0.394 e. The Labute approximate surface area is 95.3 Å². The van der Waals surface area contributed by atoms with Gasteiger partial charge in [0.15, 0.2) is 0 Å². The Morgan fingerprint density at radius 3 is 2.86 bits per heavy atom. The number of nitrogens with two attached hydrogens (primary N) is 1. The van der Waals surface area contributed by atoms with Crippen LogP contribution in [-0.2, 0) is 6.54 Å². The molecule has 0 saturated heterocycles. The first-order chi connectivity index (χ1) is 6.54. The number of rotatable bonds is 2. The van der Waals surface area contributed by atoms with E-state index in [4.69, 9.17) is 17.3 Å². The van der Waals surface area contributed by atoms with Crippen LogP contribution in [0.5, 0.6) is 0 Å². The monoisotopic (exact) mass is 276 g/mol. The molecular formula is C9H10BrClN2O. The standard InChI is InChI=1S/C9H10BrClN2O/c1-6(2-11)3-13-4-7(10)9(14)8(12)5-13/h2,4-5H,3,12H2,1H3/b6-2-. The van der Waals surface area contributed by atoms with Gasteiger partial charge in [0, 0.05) is 24.5 Å². The van der Waals surface area contributed by atoms with Crippen molar-refractivity contribution < 1.29 is 0 Å². The Kier molecular flexibility index (Phi) is 3.77. The lowest BCUT2D eigenvalue weighted by atomic mass is 10.3. The van der Waals surface area contributed by atoms with Crippen LogP contribution in [0.2, 0.25) is 0 Å². The van der Waals surface area contributed by atoms with Gasteiger partial charge < -0.3 is 10.3 Å². The molecule has 0 aliphatic heterocycles. The van der Waals surface area contributed by atoms with Gasteiger partial charge in [-0.15, -0.1) is 0 Å². The van der Waals surface area contributed by atoms with Gasteiger partial charge in [0.2, 0.25) is 5.43 Å². The number of hydrogen-bond acceptors (Lipinski definition) is 2. The third-order valence-electron chi connectivity index (χ3n) is 1.68. The highest BCUT2D eigenvalue weighted by atomic mass is 79.9. The second-order valence-corrected chi connectivity index (χ2v) is 4.09. The predicted molar refractivity (Wildman–Crippen MR) is 62.4 cm³/mol. The van der Waals surface area contributed by atoms with Crippen LogP contribution in [0, 0.1) is 0 Å². The molecular weight excluding hydrogens is 267 g/mol. The highest BCUT2D eigenvalue weighted by molar-refractivity contribution is 9.10. The molecule has 14 heavy (non-hydrogen) atoms. The lowest BCUT2D eigenvalue weighted by molar-refractivity contribution is 0.774. The van der Waals surface area contributed by atoms with E-state index in [1.165, 1.54) is 5.54 Å². The summed E-state index contributed by atoms with van der Waals surface area (Å²) in [5.41, 5.74) is 8.05. The summed E-state index contributed by atoms with van der Waals surface area (Å²) in [6.45, 7) is 2.52. The van der Waals surface area contributed by atoms with Gasteiger partial charge in [-0.2, -0.15) is 0 Å². The second kappa shape index (κ2) is 4.66. The van der Waals surface area contributed by atoms with Crippen molar-refractivity contribution in [3.8, 4) is 0 Å². The maximum Gasteiger partial charge on any atom is 0.218 e. The predicted octanol–water partition coefficient (Wildman–Crippen LogP) is 2.34. The Bertz CT molecular complexity index is 399. The summed E-state index contributed by atoms with van der Waals surface area (Å²) in [7, 11) is 0. The molecule has 0 atom stereocenters. The number of anilines is 1. The first-order valence-electron chi connectivity index (χ1n) is 3.95. The van der Waals surface area contributed by atoms with Crippen LogP contribution < -0.4 is 11.2 Å². The Balaban J connectivity index is 3.07. The van der Waals surface area contributed by atoms with E-state index in [-0.39, 0.29) is 11.1 Å². The van der Waals surface area contributed by atoms with E-state index >= 15 is 0 Å². The fourth-order valence-electron chi connectivity index (χ4n) is 1.03. The molecule has 0 fully saturated rings. The summed E-state index contributed by atoms with van der Waals surface area (Å²) >= 11 is 8.68. The van der Waals surface area contributed by atoms with Gasteiger partial charge >= 0.3 is 0 Å². The molecule has 0 aliphatic rings. The van der Waals surface area contributed by atoms with E-state index in [1.807, 2.05) is 6.92 Å². The van der Waals surface area contributed by atoms with Crippen molar-refractivity contribution in [2.45, 2.75) is 13.5 Å². The van der Waals surface area contributed by atoms with Crippen LogP contribution in [0.1, 0.15) is 6.92 Å². The van der Waals surface area contributed by atoms with Gasteiger partial charge in [-0.25, -0.2) is 0 Å². The molecule has 0 radical (unpaired) electrons. The first kappa shape index (κ1) is 11.3. The second-order valence-electron chi connectivity index (χ2n) is 3.02. The summed E-state index contributed by atoms with van der Waals surface area (Å²) in [5.74, 6) is 0. The van der Waals surface area contributed by atoms with Gasteiger partial charge in [0.25, 0.3) is 0 Å². The number of allylic oxidation sites excluding steroid dienone is 1. The smallest absolute Gasteiger partial charge is 0.218 e. The van der Waals surface area contributed by atoms with Crippen molar-refractivity contribution in [1.82, 2.24) is 4.57 Å². The number of halogens is 2. The summed E-state index contributed by atoms with van der Waals surface area (Å²) in [5, 5.41) is 0. The molecule has 2 N–H and O–H groups in total. The number of pyridine rings is 1. The van der Waals surface area contributed by atoms with Crippen molar-refractivity contribution in [1.29, 1.82) is 0 Å². The lowest BCUT2D eigenvalue weighted by Gasteiger charge is -2.07. The molecule has 0 unspecified atom stereocenters. The quantitative estimate of drug-likeness (QED) is 0.902. The van der Waals surface area contributed by atoms with Crippen LogP contribution in [0.4, 0.5) is 5.69 Å². The maximum absolute atomic E-state index is 11.3. The molecule has 0 saturated carbocycles. The summed E-state index contributed by atoms with van der Waals surface area (Å²) in [6, 6.07) is 0. The van der Waals surface area contributed by atoms with Crippen LogP contribution in [0.3, 0.4) is 0 Å². The van der Waals surface area contributed by atoms with E-state index in [2.05, 4.69) is 15.9 Å². The Morgan fingerprint density at radius 1 is 1.71 bits per heavy atom. The average Bonchev–Trinajstić information content (AvgIpc) is 2.14. The summed E-state index contributed by atoms with van der Waals surface area (Å²) in [4.78, 5) is 11.3. The van der Waals surface area contributed by atoms with Gasteiger partial charge in [0.1, 0.15) is 0 Å². The molecule has 0 bridgehead atoms. The summed E-state index contributed by atoms with van der Waals surface area (Å²) < 4.78 is 2.26. The van der Waals surface area contributed by atoms with E-state index in [9.17, 15) is 4.79 Å². The normalized spacial score (nSPS) is 11.8. The molecule has 0 spiro atoms. The SMILES string of the molecule is C/C(=C/Cl)Cn1cc(N)c(=O)c(Br)c1. The molecule has 1 aromatic rings.